The number of hydrogen-bond acceptors (Lipinski definition) is 18. The average molecular weight is 1180 g/mol. The lowest BCUT2D eigenvalue weighted by atomic mass is 9.94. The van der Waals surface area contributed by atoms with Crippen molar-refractivity contribution >= 4 is 112 Å². The number of aliphatic carboxylic acids is 4. The third-order valence-corrected chi connectivity index (χ3v) is 26.4. The van der Waals surface area contributed by atoms with Crippen LogP contribution in [0.1, 0.15) is 181 Å². The van der Waals surface area contributed by atoms with Gasteiger partial charge in [-0.2, -0.15) is 0 Å². The first kappa shape index (κ1) is 69.2. The number of ether oxygens (including phenoxy) is 4. The molecule has 0 aromatic heterocycles. The zero-order chi connectivity index (χ0) is 54.8. The minimum Gasteiger partial charge on any atom is -0.481 e. The predicted octanol–water partition coefficient (Wildman–Crippen LogP) is 10.9. The number of unbranched alkanes of at least 4 members (excludes halogenated alkanes) is 16. The number of hydrogen-bond donors (Lipinski definition) is 6. The van der Waals surface area contributed by atoms with Crippen molar-refractivity contribution < 1.29 is 79.2 Å². The summed E-state index contributed by atoms with van der Waals surface area (Å²) in [4.78, 5) is 95.6. The van der Waals surface area contributed by atoms with Crippen molar-refractivity contribution in [1.82, 2.24) is 10.6 Å². The second-order valence-corrected chi connectivity index (χ2v) is 28.4. The van der Waals surface area contributed by atoms with Crippen LogP contribution in [0.2, 0.25) is 0 Å². The van der Waals surface area contributed by atoms with E-state index >= 15 is 0 Å². The second-order valence-electron chi connectivity index (χ2n) is 18.9. The van der Waals surface area contributed by atoms with Crippen LogP contribution in [0.5, 0.6) is 0 Å². The topological polar surface area (TPSA) is 278 Å². The Morgan fingerprint density at radius 1 is 0.413 bits per heavy atom. The number of carbonyl (C=O) groups excluding carboxylic acids is 4. The number of carboxylic acid groups (broad SMARTS) is 4. The molecule has 3 atom stereocenters. The molecular weight excluding hydrogens is 1090 g/mol. The number of carboxylic acids is 4. The standard InChI is InChI=1S/C51H86N2O16S6.H2/c54-41(19-15-13-11-9-7-5-3-1-2-4-6-8-10-12-14-16-21-46(58)59)37-39(47(60)61)23-25-45(57)53-28-30-67-32-34-69-36-35-68-33-31-66-29-26-42(55)38-40(48(62)63)22-24-44(56)52-27-18-17-20-43(49(64)65)50-70-72-51(73-71-50)74-75-51;/h39-40,43,50H,1-38H2,(H,52,56)(H,53,57)(H,58,59)(H,60,61)(H,62,63)(H,64,65);1H/t39-,40-,43+;/m1./s1. The molecule has 24 heteroatoms. The van der Waals surface area contributed by atoms with E-state index < -0.39 is 41.6 Å². The number of amides is 2. The van der Waals surface area contributed by atoms with Crippen molar-refractivity contribution in [3.8, 4) is 0 Å². The molecule has 0 aromatic carbocycles. The van der Waals surface area contributed by atoms with E-state index in [4.69, 9.17) is 24.1 Å². The van der Waals surface area contributed by atoms with Gasteiger partial charge in [0.25, 0.3) is 0 Å². The second kappa shape index (κ2) is 44.9. The Morgan fingerprint density at radius 2 is 0.813 bits per heavy atom. The summed E-state index contributed by atoms with van der Waals surface area (Å²) in [7, 11) is 10.3. The molecule has 75 heavy (non-hydrogen) atoms. The van der Waals surface area contributed by atoms with Crippen LogP contribution in [-0.4, -0.2) is 141 Å². The summed E-state index contributed by atoms with van der Waals surface area (Å²) < 4.78 is 21.9. The maximum absolute atomic E-state index is 12.5. The van der Waals surface area contributed by atoms with Gasteiger partial charge in [-0.15, -0.1) is 0 Å². The first-order chi connectivity index (χ1) is 36.2. The molecule has 2 aliphatic rings. The van der Waals surface area contributed by atoms with E-state index in [-0.39, 0.29) is 116 Å². The Kier molecular flexibility index (Phi) is 41.4. The van der Waals surface area contributed by atoms with Crippen molar-refractivity contribution in [2.75, 3.05) is 65.9 Å². The number of ketones is 2. The molecule has 0 unspecified atom stereocenters. The number of carbonyl (C=O) groups is 8. The highest BCUT2D eigenvalue weighted by Crippen LogP contribution is 2.84. The monoisotopic (exact) mass is 1180 g/mol. The molecule has 1 spiro atoms. The SMILES string of the molecule is O=C(O)CCCCCCCCCCCCCCCCCCC(=O)C[C@@H](CCC(=O)NCCOCCOCCOCCOCCC(=O)C[C@@H](CCC(=O)NCCCC[C@@H](C(=O)O)C1SSC2(SS1)SS2)C(=O)O)C(=O)O.[HH]. The molecule has 0 radical (unpaired) electrons. The molecule has 2 rings (SSSR count). The van der Waals surface area contributed by atoms with Gasteiger partial charge >= 0.3 is 23.9 Å². The Bertz CT molecular complexity index is 1650. The predicted molar refractivity (Wildman–Crippen MR) is 304 cm³/mol. The summed E-state index contributed by atoms with van der Waals surface area (Å²) in [5, 5.41) is 43.1. The van der Waals surface area contributed by atoms with Crippen molar-refractivity contribution in [3.05, 3.63) is 0 Å². The van der Waals surface area contributed by atoms with E-state index in [9.17, 15) is 53.7 Å². The van der Waals surface area contributed by atoms with Crippen LogP contribution in [0.3, 0.4) is 0 Å². The normalized spacial score (nSPS) is 15.3. The van der Waals surface area contributed by atoms with Gasteiger partial charge < -0.3 is 50.0 Å². The van der Waals surface area contributed by atoms with E-state index in [0.717, 1.165) is 44.9 Å². The summed E-state index contributed by atoms with van der Waals surface area (Å²) in [6, 6.07) is 0. The summed E-state index contributed by atoms with van der Waals surface area (Å²) in [5.74, 6) is -7.04. The average Bonchev–Trinajstić information content (AvgIpc) is 4.13. The van der Waals surface area contributed by atoms with Crippen LogP contribution < -0.4 is 10.6 Å². The lowest BCUT2D eigenvalue weighted by molar-refractivity contribution is -0.145. The molecule has 0 saturated carbocycles. The molecule has 2 fully saturated rings. The molecule has 18 nitrogen and oxygen atoms in total. The van der Waals surface area contributed by atoms with Crippen LogP contribution in [0.15, 0.2) is 0 Å². The molecule has 0 bridgehead atoms. The van der Waals surface area contributed by atoms with Gasteiger partial charge in [0.15, 0.2) is 2.74 Å². The van der Waals surface area contributed by atoms with Crippen molar-refractivity contribution in [2.45, 2.75) is 187 Å². The maximum Gasteiger partial charge on any atom is 0.308 e. The first-order valence-electron chi connectivity index (χ1n) is 27.0. The third kappa shape index (κ3) is 38.4. The zero-order valence-electron chi connectivity index (χ0n) is 43.8. The molecule has 2 heterocycles. The highest BCUT2D eigenvalue weighted by atomic mass is 33.2. The van der Waals surface area contributed by atoms with Gasteiger partial charge in [0.2, 0.25) is 11.8 Å². The van der Waals surface area contributed by atoms with Crippen molar-refractivity contribution in [2.24, 2.45) is 17.8 Å². The summed E-state index contributed by atoms with van der Waals surface area (Å²) >= 11 is 0. The quantitative estimate of drug-likeness (QED) is 0.0188. The minimum atomic E-state index is -1.14. The smallest absolute Gasteiger partial charge is 0.308 e. The summed E-state index contributed by atoms with van der Waals surface area (Å²) in [6.07, 6.45) is 20.3. The van der Waals surface area contributed by atoms with Gasteiger partial charge in [-0.25, -0.2) is 0 Å². The largest absolute Gasteiger partial charge is 0.481 e. The molecule has 2 amide bonds. The van der Waals surface area contributed by atoms with Crippen LogP contribution >= 0.6 is 64.8 Å². The Hall–Kier alpha value is -1.90. The van der Waals surface area contributed by atoms with Crippen LogP contribution in [0, 0.1) is 17.8 Å². The van der Waals surface area contributed by atoms with Gasteiger partial charge in [-0.3, -0.25) is 38.4 Å². The molecular formula is C51H88N2O16S6. The van der Waals surface area contributed by atoms with Crippen LogP contribution in [0.4, 0.5) is 0 Å². The number of nitrogens with one attached hydrogen (secondary N) is 2. The fourth-order valence-electron chi connectivity index (χ4n) is 8.01. The van der Waals surface area contributed by atoms with E-state index in [1.54, 1.807) is 64.8 Å². The van der Waals surface area contributed by atoms with Gasteiger partial charge in [0.1, 0.15) is 11.6 Å². The van der Waals surface area contributed by atoms with Crippen LogP contribution in [0.25, 0.3) is 0 Å². The fourth-order valence-corrected chi connectivity index (χ4v) is 21.8. The molecule has 0 aromatic rings. The van der Waals surface area contributed by atoms with Gasteiger partial charge in [0, 0.05) is 59.5 Å². The van der Waals surface area contributed by atoms with Gasteiger partial charge in [-0.05, 0) is 60.1 Å². The van der Waals surface area contributed by atoms with E-state index in [1.165, 1.54) is 57.8 Å². The van der Waals surface area contributed by atoms with Gasteiger partial charge in [0.05, 0.1) is 75.2 Å². The molecule has 0 aliphatic carbocycles. The molecule has 2 aliphatic heterocycles. The van der Waals surface area contributed by atoms with Crippen molar-refractivity contribution in [1.29, 1.82) is 0 Å². The zero-order valence-corrected chi connectivity index (χ0v) is 48.7. The van der Waals surface area contributed by atoms with E-state index in [1.807, 2.05) is 0 Å². The molecule has 434 valence electrons. The maximum atomic E-state index is 12.5. The number of rotatable bonds is 53. The van der Waals surface area contributed by atoms with E-state index in [0.29, 0.717) is 58.7 Å². The molecule has 2 saturated heterocycles. The number of Topliss-reactive ketones (excluding diaryl/α,β-unsaturated/α-hetero) is 2. The van der Waals surface area contributed by atoms with Crippen molar-refractivity contribution in [3.63, 3.8) is 0 Å². The minimum absolute atomic E-state index is 0. The first-order valence-corrected chi connectivity index (χ1v) is 33.6. The highest BCUT2D eigenvalue weighted by molar-refractivity contribution is 9.14. The Morgan fingerprint density at radius 3 is 1.24 bits per heavy atom. The third-order valence-electron chi connectivity index (χ3n) is 12.5. The fraction of sp³-hybridized carbons (Fsp3) is 0.843. The van der Waals surface area contributed by atoms with E-state index in [2.05, 4.69) is 10.6 Å². The lowest BCUT2D eigenvalue weighted by Crippen LogP contribution is -2.29. The highest BCUT2D eigenvalue weighted by Gasteiger charge is 2.53. The Labute approximate surface area is 469 Å². The summed E-state index contributed by atoms with van der Waals surface area (Å²) in [5.41, 5.74) is 0. The molecule has 6 N–H and O–H groups in total. The lowest BCUT2D eigenvalue weighted by Gasteiger charge is -2.27. The van der Waals surface area contributed by atoms with Gasteiger partial charge in [-0.1, -0.05) is 139 Å². The summed E-state index contributed by atoms with van der Waals surface area (Å²) in [6.45, 7) is 2.71. The van der Waals surface area contributed by atoms with Crippen LogP contribution in [-0.2, 0) is 57.3 Å². The Balaban J connectivity index is 0.0000289.